The quantitative estimate of drug-likeness (QED) is 0.913. The van der Waals surface area contributed by atoms with Crippen LogP contribution in [0.25, 0.3) is 0 Å². The van der Waals surface area contributed by atoms with E-state index in [0.29, 0.717) is 6.54 Å². The average molecular weight is 287 g/mol. The third kappa shape index (κ3) is 3.31. The summed E-state index contributed by atoms with van der Waals surface area (Å²) in [5.74, 6) is 0.427. The Balaban J connectivity index is 2.14. The number of nitrogens with two attached hydrogens (primary N) is 1. The first-order chi connectivity index (χ1) is 10.0. The van der Waals surface area contributed by atoms with Crippen LogP contribution in [0.3, 0.4) is 0 Å². The summed E-state index contributed by atoms with van der Waals surface area (Å²) in [6.45, 7) is 4.49. The minimum Gasteiger partial charge on any atom is -0.361 e. The van der Waals surface area contributed by atoms with E-state index in [0.717, 1.165) is 22.6 Å². The molecular formula is C16H21N3O2. The molecule has 0 radical (unpaired) electrons. The van der Waals surface area contributed by atoms with Crippen LogP contribution in [0, 0.1) is 13.8 Å². The maximum absolute atomic E-state index is 12.6. The summed E-state index contributed by atoms with van der Waals surface area (Å²) in [5, 5.41) is 3.91. The largest absolute Gasteiger partial charge is 0.361 e. The van der Waals surface area contributed by atoms with E-state index < -0.39 is 0 Å². The molecule has 0 aliphatic carbocycles. The molecule has 2 rings (SSSR count). The highest BCUT2D eigenvalue weighted by molar-refractivity contribution is 5.83. The smallest absolute Gasteiger partial charge is 0.231 e. The molecule has 1 amide bonds. The van der Waals surface area contributed by atoms with Crippen molar-refractivity contribution in [2.24, 2.45) is 5.73 Å². The van der Waals surface area contributed by atoms with Crippen LogP contribution in [0.4, 0.5) is 0 Å². The third-order valence-corrected chi connectivity index (χ3v) is 3.69. The van der Waals surface area contributed by atoms with Gasteiger partial charge in [-0.3, -0.25) is 4.79 Å². The first-order valence-corrected chi connectivity index (χ1v) is 6.96. The molecule has 0 aliphatic heterocycles. The lowest BCUT2D eigenvalue weighted by atomic mass is 9.97. The Bertz CT molecular complexity index is 588. The second-order valence-electron chi connectivity index (χ2n) is 5.20. The molecule has 5 nitrogen and oxygen atoms in total. The van der Waals surface area contributed by atoms with E-state index in [1.54, 1.807) is 11.9 Å². The van der Waals surface area contributed by atoms with Crippen molar-refractivity contribution >= 4 is 5.91 Å². The molecule has 0 bridgehead atoms. The highest BCUT2D eigenvalue weighted by Crippen LogP contribution is 2.20. The van der Waals surface area contributed by atoms with Gasteiger partial charge in [-0.1, -0.05) is 35.5 Å². The lowest BCUT2D eigenvalue weighted by molar-refractivity contribution is -0.131. The van der Waals surface area contributed by atoms with Gasteiger partial charge in [-0.15, -0.1) is 0 Å². The third-order valence-electron chi connectivity index (χ3n) is 3.69. The summed E-state index contributed by atoms with van der Waals surface area (Å²) in [5.41, 5.74) is 8.51. The standard InChI is InChI=1S/C16H21N3O2/c1-11-15(12(2)21-18-11)10-19(3)16(20)14(9-17)13-7-5-4-6-8-13/h4-8,14H,9-10,17H2,1-3H3. The number of aromatic nitrogens is 1. The summed E-state index contributed by atoms with van der Waals surface area (Å²) in [7, 11) is 1.78. The Morgan fingerprint density at radius 3 is 2.52 bits per heavy atom. The first kappa shape index (κ1) is 15.3. The average Bonchev–Trinajstić information content (AvgIpc) is 2.81. The number of carbonyl (C=O) groups is 1. The van der Waals surface area contributed by atoms with Crippen LogP contribution in [0.2, 0.25) is 0 Å². The molecule has 1 atom stereocenters. The topological polar surface area (TPSA) is 72.4 Å². The normalized spacial score (nSPS) is 12.2. The van der Waals surface area contributed by atoms with Gasteiger partial charge in [0, 0.05) is 19.2 Å². The van der Waals surface area contributed by atoms with Crippen LogP contribution in [0.15, 0.2) is 34.9 Å². The SMILES string of the molecule is Cc1noc(C)c1CN(C)C(=O)C(CN)c1ccccc1. The van der Waals surface area contributed by atoms with Gasteiger partial charge in [-0.05, 0) is 19.4 Å². The zero-order valence-electron chi connectivity index (χ0n) is 12.7. The number of amides is 1. The fourth-order valence-corrected chi connectivity index (χ4v) is 2.37. The minimum absolute atomic E-state index is 0.00343. The molecule has 112 valence electrons. The fourth-order valence-electron chi connectivity index (χ4n) is 2.37. The fraction of sp³-hybridized carbons (Fsp3) is 0.375. The van der Waals surface area contributed by atoms with E-state index in [1.807, 2.05) is 44.2 Å². The number of nitrogens with zero attached hydrogens (tertiary/aromatic N) is 2. The Labute approximate surface area is 124 Å². The predicted octanol–water partition coefficient (Wildman–Crippen LogP) is 1.99. The van der Waals surface area contributed by atoms with Gasteiger partial charge in [0.05, 0.1) is 18.2 Å². The molecule has 2 aromatic rings. The van der Waals surface area contributed by atoms with Crippen LogP contribution >= 0.6 is 0 Å². The van der Waals surface area contributed by atoms with Crippen LogP contribution < -0.4 is 5.73 Å². The molecule has 0 fully saturated rings. The maximum atomic E-state index is 12.6. The summed E-state index contributed by atoms with van der Waals surface area (Å²) in [4.78, 5) is 14.3. The van der Waals surface area contributed by atoms with E-state index in [-0.39, 0.29) is 18.4 Å². The van der Waals surface area contributed by atoms with Crippen molar-refractivity contribution in [1.29, 1.82) is 0 Å². The van der Waals surface area contributed by atoms with E-state index in [4.69, 9.17) is 10.3 Å². The van der Waals surface area contributed by atoms with Crippen molar-refractivity contribution in [3.63, 3.8) is 0 Å². The molecule has 5 heteroatoms. The molecule has 0 saturated heterocycles. The summed E-state index contributed by atoms with van der Waals surface area (Å²) in [6.07, 6.45) is 0. The van der Waals surface area contributed by atoms with Gasteiger partial charge < -0.3 is 15.2 Å². The molecule has 1 aromatic heterocycles. The van der Waals surface area contributed by atoms with Crippen molar-refractivity contribution in [2.45, 2.75) is 26.3 Å². The van der Waals surface area contributed by atoms with Crippen LogP contribution in [0.1, 0.15) is 28.5 Å². The number of carbonyl (C=O) groups excluding carboxylic acids is 1. The van der Waals surface area contributed by atoms with Crippen LogP contribution in [-0.4, -0.2) is 29.6 Å². The first-order valence-electron chi connectivity index (χ1n) is 6.96. The number of likely N-dealkylation sites (N-methyl/N-ethyl adjacent to an activating group) is 1. The van der Waals surface area contributed by atoms with Gasteiger partial charge >= 0.3 is 0 Å². The minimum atomic E-state index is -0.323. The Hall–Kier alpha value is -2.14. The maximum Gasteiger partial charge on any atom is 0.231 e. The van der Waals surface area contributed by atoms with Crippen molar-refractivity contribution in [2.75, 3.05) is 13.6 Å². The molecule has 1 unspecified atom stereocenters. The van der Waals surface area contributed by atoms with E-state index in [1.165, 1.54) is 0 Å². The summed E-state index contributed by atoms with van der Waals surface area (Å²) >= 11 is 0. The van der Waals surface area contributed by atoms with Gasteiger partial charge in [-0.25, -0.2) is 0 Å². The molecule has 1 aromatic carbocycles. The molecule has 1 heterocycles. The van der Waals surface area contributed by atoms with Gasteiger partial charge in [0.1, 0.15) is 5.76 Å². The van der Waals surface area contributed by atoms with E-state index >= 15 is 0 Å². The Morgan fingerprint density at radius 1 is 1.33 bits per heavy atom. The Kier molecular flexibility index (Phi) is 4.75. The van der Waals surface area contributed by atoms with Crippen molar-refractivity contribution in [3.8, 4) is 0 Å². The lowest BCUT2D eigenvalue weighted by Crippen LogP contribution is -2.35. The number of benzene rings is 1. The summed E-state index contributed by atoms with van der Waals surface area (Å²) < 4.78 is 5.13. The van der Waals surface area contributed by atoms with Crippen LogP contribution in [-0.2, 0) is 11.3 Å². The van der Waals surface area contributed by atoms with Gasteiger partial charge in [0.25, 0.3) is 0 Å². The summed E-state index contributed by atoms with van der Waals surface area (Å²) in [6, 6.07) is 9.62. The second kappa shape index (κ2) is 6.54. The van der Waals surface area contributed by atoms with Crippen molar-refractivity contribution < 1.29 is 9.32 Å². The van der Waals surface area contributed by atoms with Crippen LogP contribution in [0.5, 0.6) is 0 Å². The zero-order valence-corrected chi connectivity index (χ0v) is 12.7. The number of hydrogen-bond acceptors (Lipinski definition) is 4. The van der Waals surface area contributed by atoms with E-state index in [2.05, 4.69) is 5.16 Å². The highest BCUT2D eigenvalue weighted by atomic mass is 16.5. The molecular weight excluding hydrogens is 266 g/mol. The van der Waals surface area contributed by atoms with Crippen molar-refractivity contribution in [3.05, 3.63) is 52.9 Å². The van der Waals surface area contributed by atoms with Crippen molar-refractivity contribution in [1.82, 2.24) is 10.1 Å². The molecule has 0 aliphatic rings. The number of hydrogen-bond donors (Lipinski definition) is 1. The van der Waals surface area contributed by atoms with Gasteiger partial charge in [-0.2, -0.15) is 0 Å². The monoisotopic (exact) mass is 287 g/mol. The molecule has 0 spiro atoms. The zero-order chi connectivity index (χ0) is 15.4. The lowest BCUT2D eigenvalue weighted by Gasteiger charge is -2.23. The molecule has 0 saturated carbocycles. The number of rotatable bonds is 5. The van der Waals surface area contributed by atoms with E-state index in [9.17, 15) is 4.79 Å². The predicted molar refractivity (Wildman–Crippen MR) is 80.7 cm³/mol. The molecule has 2 N–H and O–H groups in total. The molecule has 21 heavy (non-hydrogen) atoms. The van der Waals surface area contributed by atoms with Gasteiger partial charge in [0.2, 0.25) is 5.91 Å². The highest BCUT2D eigenvalue weighted by Gasteiger charge is 2.24. The number of aryl methyl sites for hydroxylation is 2. The Morgan fingerprint density at radius 2 is 2.00 bits per heavy atom. The second-order valence-corrected chi connectivity index (χ2v) is 5.20. The van der Waals surface area contributed by atoms with Gasteiger partial charge in [0.15, 0.2) is 0 Å².